The molecule has 0 aromatic carbocycles. The van der Waals surface area contributed by atoms with Crippen LogP contribution < -0.4 is 5.32 Å². The van der Waals surface area contributed by atoms with Crippen LogP contribution in [0.4, 0.5) is 0 Å². The van der Waals surface area contributed by atoms with E-state index in [4.69, 9.17) is 9.47 Å². The molecule has 3 nitrogen and oxygen atoms in total. The minimum Gasteiger partial charge on any atom is -0.347 e. The minimum atomic E-state index is -0.236. The number of rotatable bonds is 1. The summed E-state index contributed by atoms with van der Waals surface area (Å²) in [4.78, 5) is 0. The van der Waals surface area contributed by atoms with Gasteiger partial charge in [0.2, 0.25) is 0 Å². The van der Waals surface area contributed by atoms with Gasteiger partial charge in [-0.05, 0) is 5.92 Å². The molecule has 76 valence electrons. The summed E-state index contributed by atoms with van der Waals surface area (Å²) in [7, 11) is 0. The maximum Gasteiger partial charge on any atom is 0.171 e. The first-order valence-corrected chi connectivity index (χ1v) is 5.24. The van der Waals surface area contributed by atoms with Crippen LogP contribution in [0.3, 0.4) is 0 Å². The molecule has 1 spiro atoms. The number of piperidine rings is 1. The molecule has 0 amide bonds. The topological polar surface area (TPSA) is 30.5 Å². The van der Waals surface area contributed by atoms with Crippen molar-refractivity contribution < 1.29 is 9.47 Å². The van der Waals surface area contributed by atoms with Gasteiger partial charge in [-0.1, -0.05) is 13.8 Å². The smallest absolute Gasteiger partial charge is 0.171 e. The Morgan fingerprint density at radius 1 is 1.31 bits per heavy atom. The van der Waals surface area contributed by atoms with E-state index in [0.717, 1.165) is 32.5 Å². The van der Waals surface area contributed by atoms with Gasteiger partial charge in [0.1, 0.15) is 0 Å². The van der Waals surface area contributed by atoms with Crippen molar-refractivity contribution in [2.24, 2.45) is 5.92 Å². The molecule has 2 rings (SSSR count). The summed E-state index contributed by atoms with van der Waals surface area (Å²) >= 11 is 0. The SMILES string of the molecule is CC(C)C1COC2(CCNCC2)O1. The first kappa shape index (κ1) is 9.44. The first-order valence-electron chi connectivity index (χ1n) is 5.24. The summed E-state index contributed by atoms with van der Waals surface area (Å²) in [6.07, 6.45) is 2.30. The van der Waals surface area contributed by atoms with E-state index in [-0.39, 0.29) is 5.79 Å². The standard InChI is InChI=1S/C10H19NO2/c1-8(2)9-7-12-10(13-9)3-5-11-6-4-10/h8-9,11H,3-7H2,1-2H3. The van der Waals surface area contributed by atoms with Crippen LogP contribution >= 0.6 is 0 Å². The number of hydrogen-bond acceptors (Lipinski definition) is 3. The van der Waals surface area contributed by atoms with Crippen molar-refractivity contribution in [2.75, 3.05) is 19.7 Å². The third-order valence-electron chi connectivity index (χ3n) is 2.99. The molecule has 2 aliphatic heterocycles. The fraction of sp³-hybridized carbons (Fsp3) is 1.00. The second kappa shape index (κ2) is 3.56. The maximum absolute atomic E-state index is 5.99. The quantitative estimate of drug-likeness (QED) is 0.664. The van der Waals surface area contributed by atoms with Crippen molar-refractivity contribution in [3.8, 4) is 0 Å². The van der Waals surface area contributed by atoms with Gasteiger partial charge in [0.25, 0.3) is 0 Å². The second-order valence-electron chi connectivity index (χ2n) is 4.37. The summed E-state index contributed by atoms with van der Waals surface area (Å²) in [5.41, 5.74) is 0. The Kier molecular flexibility index (Phi) is 2.58. The lowest BCUT2D eigenvalue weighted by Crippen LogP contribution is -2.43. The van der Waals surface area contributed by atoms with Gasteiger partial charge in [-0.2, -0.15) is 0 Å². The zero-order valence-electron chi connectivity index (χ0n) is 8.51. The van der Waals surface area contributed by atoms with Crippen LogP contribution in [0.5, 0.6) is 0 Å². The molecule has 3 heteroatoms. The summed E-state index contributed by atoms with van der Waals surface area (Å²) in [5, 5.41) is 3.32. The van der Waals surface area contributed by atoms with Crippen LogP contribution in [-0.2, 0) is 9.47 Å². The summed E-state index contributed by atoms with van der Waals surface area (Å²) < 4.78 is 11.8. The third kappa shape index (κ3) is 1.87. The van der Waals surface area contributed by atoms with Crippen molar-refractivity contribution >= 4 is 0 Å². The van der Waals surface area contributed by atoms with Gasteiger partial charge < -0.3 is 14.8 Å². The molecule has 2 fully saturated rings. The Labute approximate surface area is 79.8 Å². The van der Waals surface area contributed by atoms with E-state index in [0.29, 0.717) is 12.0 Å². The molecule has 0 bridgehead atoms. The van der Waals surface area contributed by atoms with E-state index < -0.39 is 0 Å². The van der Waals surface area contributed by atoms with E-state index >= 15 is 0 Å². The lowest BCUT2D eigenvalue weighted by atomic mass is 10.1. The molecule has 0 aromatic heterocycles. The van der Waals surface area contributed by atoms with Crippen molar-refractivity contribution in [1.29, 1.82) is 0 Å². The van der Waals surface area contributed by atoms with Gasteiger partial charge >= 0.3 is 0 Å². The van der Waals surface area contributed by atoms with E-state index in [1.165, 1.54) is 0 Å². The van der Waals surface area contributed by atoms with E-state index in [9.17, 15) is 0 Å². The van der Waals surface area contributed by atoms with Crippen molar-refractivity contribution in [1.82, 2.24) is 5.32 Å². The van der Waals surface area contributed by atoms with Gasteiger partial charge in [-0.15, -0.1) is 0 Å². The third-order valence-corrected chi connectivity index (χ3v) is 2.99. The van der Waals surface area contributed by atoms with Crippen molar-refractivity contribution in [3.05, 3.63) is 0 Å². The van der Waals surface area contributed by atoms with Gasteiger partial charge in [0.05, 0.1) is 12.7 Å². The lowest BCUT2D eigenvalue weighted by molar-refractivity contribution is -0.186. The number of hydrogen-bond donors (Lipinski definition) is 1. The predicted octanol–water partition coefficient (Wildman–Crippen LogP) is 1.14. The fourth-order valence-corrected chi connectivity index (χ4v) is 1.98. The van der Waals surface area contributed by atoms with Crippen LogP contribution in [0.25, 0.3) is 0 Å². The highest BCUT2D eigenvalue weighted by molar-refractivity contribution is 4.84. The molecule has 2 heterocycles. The largest absolute Gasteiger partial charge is 0.347 e. The normalized spacial score (nSPS) is 33.0. The Morgan fingerprint density at radius 2 is 2.00 bits per heavy atom. The summed E-state index contributed by atoms with van der Waals surface area (Å²) in [6.45, 7) is 7.19. The molecule has 1 unspecified atom stereocenters. The Hall–Kier alpha value is -0.120. The fourth-order valence-electron chi connectivity index (χ4n) is 1.98. The Balaban J connectivity index is 1.94. The predicted molar refractivity (Wildman–Crippen MR) is 50.5 cm³/mol. The van der Waals surface area contributed by atoms with Crippen molar-refractivity contribution in [3.63, 3.8) is 0 Å². The molecule has 1 N–H and O–H groups in total. The van der Waals surface area contributed by atoms with Gasteiger partial charge in [0, 0.05) is 25.9 Å². The van der Waals surface area contributed by atoms with Crippen LogP contribution in [0.1, 0.15) is 26.7 Å². The molecule has 2 saturated heterocycles. The highest BCUT2D eigenvalue weighted by Gasteiger charge is 2.42. The van der Waals surface area contributed by atoms with E-state index in [2.05, 4.69) is 19.2 Å². The highest BCUT2D eigenvalue weighted by Crippen LogP contribution is 2.34. The number of nitrogens with one attached hydrogen (secondary N) is 1. The molecular weight excluding hydrogens is 166 g/mol. The van der Waals surface area contributed by atoms with Gasteiger partial charge in [-0.3, -0.25) is 0 Å². The molecule has 0 aromatic rings. The molecular formula is C10H19NO2. The van der Waals surface area contributed by atoms with E-state index in [1.54, 1.807) is 0 Å². The molecule has 0 aliphatic carbocycles. The number of ether oxygens (including phenoxy) is 2. The zero-order valence-corrected chi connectivity index (χ0v) is 8.51. The average Bonchev–Trinajstić information content (AvgIpc) is 2.51. The second-order valence-corrected chi connectivity index (χ2v) is 4.37. The average molecular weight is 185 g/mol. The minimum absolute atomic E-state index is 0.236. The van der Waals surface area contributed by atoms with Crippen LogP contribution in [0, 0.1) is 5.92 Å². The van der Waals surface area contributed by atoms with Crippen LogP contribution in [-0.4, -0.2) is 31.6 Å². The monoisotopic (exact) mass is 185 g/mol. The van der Waals surface area contributed by atoms with Crippen LogP contribution in [0.2, 0.25) is 0 Å². The first-order chi connectivity index (χ1) is 6.22. The van der Waals surface area contributed by atoms with Gasteiger partial charge in [0.15, 0.2) is 5.79 Å². The molecule has 2 aliphatic rings. The van der Waals surface area contributed by atoms with Crippen molar-refractivity contribution in [2.45, 2.75) is 38.6 Å². The molecule has 13 heavy (non-hydrogen) atoms. The van der Waals surface area contributed by atoms with Crippen LogP contribution in [0.15, 0.2) is 0 Å². The molecule has 0 saturated carbocycles. The highest BCUT2D eigenvalue weighted by atomic mass is 16.7. The van der Waals surface area contributed by atoms with Gasteiger partial charge in [-0.25, -0.2) is 0 Å². The Bertz CT molecular complexity index is 176. The lowest BCUT2D eigenvalue weighted by Gasteiger charge is -2.32. The Morgan fingerprint density at radius 3 is 2.54 bits per heavy atom. The summed E-state index contributed by atoms with van der Waals surface area (Å²) in [5.74, 6) is 0.328. The van der Waals surface area contributed by atoms with E-state index in [1.807, 2.05) is 0 Å². The zero-order chi connectivity index (χ0) is 9.31. The summed E-state index contributed by atoms with van der Waals surface area (Å²) in [6, 6.07) is 0. The molecule has 0 radical (unpaired) electrons. The molecule has 1 atom stereocenters. The maximum atomic E-state index is 5.99.